The number of benzene rings is 3. The predicted octanol–water partition coefficient (Wildman–Crippen LogP) is 5.11. The van der Waals surface area contributed by atoms with Gasteiger partial charge in [0.2, 0.25) is 5.91 Å². The predicted molar refractivity (Wildman–Crippen MR) is 99.5 cm³/mol. The summed E-state index contributed by atoms with van der Waals surface area (Å²) in [5, 5.41) is 3.70. The second-order valence-corrected chi connectivity index (χ2v) is 6.11. The molecular formula is C21H18ClNO. The Kier molecular flexibility index (Phi) is 5.29. The quantitative estimate of drug-likeness (QED) is 0.689. The zero-order chi connectivity index (χ0) is 16.8. The van der Waals surface area contributed by atoms with Crippen LogP contribution in [0.25, 0.3) is 0 Å². The number of nitrogens with one attached hydrogen (secondary N) is 1. The van der Waals surface area contributed by atoms with Gasteiger partial charge < -0.3 is 5.32 Å². The number of hydrogen-bond acceptors (Lipinski definition) is 1. The van der Waals surface area contributed by atoms with Crippen molar-refractivity contribution in [1.29, 1.82) is 0 Å². The molecule has 0 aliphatic heterocycles. The van der Waals surface area contributed by atoms with Gasteiger partial charge in [-0.15, -0.1) is 0 Å². The summed E-state index contributed by atoms with van der Waals surface area (Å²) >= 11 is 5.88. The largest absolute Gasteiger partial charge is 0.326 e. The zero-order valence-corrected chi connectivity index (χ0v) is 14.0. The van der Waals surface area contributed by atoms with Gasteiger partial charge in [-0.2, -0.15) is 0 Å². The molecule has 0 unspecified atom stereocenters. The van der Waals surface area contributed by atoms with Crippen molar-refractivity contribution >= 4 is 23.2 Å². The smallest absolute Gasteiger partial charge is 0.228 e. The second-order valence-electron chi connectivity index (χ2n) is 5.67. The molecule has 0 aliphatic carbocycles. The van der Waals surface area contributed by atoms with Crippen molar-refractivity contribution in [2.75, 3.05) is 5.32 Å². The molecule has 0 aromatic heterocycles. The summed E-state index contributed by atoms with van der Waals surface area (Å²) in [5.74, 6) is -0.0298. The molecule has 0 fully saturated rings. The van der Waals surface area contributed by atoms with Gasteiger partial charge in [-0.3, -0.25) is 4.79 Å². The van der Waals surface area contributed by atoms with Gasteiger partial charge in [0.1, 0.15) is 0 Å². The normalized spacial score (nSPS) is 10.4. The molecule has 3 aromatic carbocycles. The Morgan fingerprint density at radius 3 is 2.21 bits per heavy atom. The first-order valence-electron chi connectivity index (χ1n) is 7.87. The lowest BCUT2D eigenvalue weighted by atomic mass is 10.0. The van der Waals surface area contributed by atoms with E-state index in [1.807, 2.05) is 54.6 Å². The third-order valence-electron chi connectivity index (χ3n) is 3.81. The maximum absolute atomic E-state index is 12.3. The molecule has 3 aromatic rings. The van der Waals surface area contributed by atoms with Crippen LogP contribution in [0.3, 0.4) is 0 Å². The van der Waals surface area contributed by atoms with E-state index in [0.29, 0.717) is 11.4 Å². The van der Waals surface area contributed by atoms with E-state index < -0.39 is 0 Å². The molecule has 120 valence electrons. The van der Waals surface area contributed by atoms with E-state index in [0.717, 1.165) is 23.2 Å². The highest BCUT2D eigenvalue weighted by atomic mass is 35.5. The second kappa shape index (κ2) is 7.80. The van der Waals surface area contributed by atoms with Crippen molar-refractivity contribution in [3.63, 3.8) is 0 Å². The topological polar surface area (TPSA) is 29.1 Å². The average molecular weight is 336 g/mol. The van der Waals surface area contributed by atoms with Crippen molar-refractivity contribution < 1.29 is 4.79 Å². The molecule has 0 saturated carbocycles. The maximum atomic E-state index is 12.3. The van der Waals surface area contributed by atoms with Crippen LogP contribution < -0.4 is 5.32 Å². The molecule has 1 amide bonds. The van der Waals surface area contributed by atoms with Crippen molar-refractivity contribution in [3.8, 4) is 0 Å². The summed E-state index contributed by atoms with van der Waals surface area (Å²) in [4.78, 5) is 12.3. The molecule has 0 spiro atoms. The Bertz CT molecular complexity index is 813. The minimum atomic E-state index is -0.0298. The number of halogens is 1. The average Bonchev–Trinajstić information content (AvgIpc) is 2.60. The Hall–Kier alpha value is -2.58. The Balaban J connectivity index is 1.70. The number of anilines is 1. The van der Waals surface area contributed by atoms with Crippen LogP contribution in [0, 0.1) is 0 Å². The fourth-order valence-electron chi connectivity index (χ4n) is 2.59. The van der Waals surface area contributed by atoms with Crippen LogP contribution in [0.4, 0.5) is 5.69 Å². The fraction of sp³-hybridized carbons (Fsp3) is 0.0952. The number of rotatable bonds is 5. The van der Waals surface area contributed by atoms with E-state index in [4.69, 9.17) is 11.6 Å². The molecular weight excluding hydrogens is 318 g/mol. The summed E-state index contributed by atoms with van der Waals surface area (Å²) in [6, 6.07) is 25.5. The van der Waals surface area contributed by atoms with Gasteiger partial charge in [0.05, 0.1) is 6.42 Å². The van der Waals surface area contributed by atoms with Crippen LogP contribution in [-0.2, 0) is 17.6 Å². The monoisotopic (exact) mass is 335 g/mol. The minimum absolute atomic E-state index is 0.0298. The summed E-state index contributed by atoms with van der Waals surface area (Å²) in [5.41, 5.74) is 4.13. The Morgan fingerprint density at radius 2 is 1.46 bits per heavy atom. The van der Waals surface area contributed by atoms with Gasteiger partial charge in [-0.05, 0) is 41.3 Å². The van der Waals surface area contributed by atoms with Crippen LogP contribution in [0.5, 0.6) is 0 Å². The molecule has 0 heterocycles. The van der Waals surface area contributed by atoms with E-state index in [1.54, 1.807) is 12.1 Å². The Morgan fingerprint density at radius 1 is 0.792 bits per heavy atom. The van der Waals surface area contributed by atoms with Crippen LogP contribution in [0.2, 0.25) is 5.02 Å². The number of hydrogen-bond donors (Lipinski definition) is 1. The van der Waals surface area contributed by atoms with Crippen molar-refractivity contribution in [1.82, 2.24) is 0 Å². The van der Waals surface area contributed by atoms with E-state index in [9.17, 15) is 4.79 Å². The Labute approximate surface area is 147 Å². The lowest BCUT2D eigenvalue weighted by molar-refractivity contribution is -0.115. The molecule has 2 nitrogen and oxygen atoms in total. The van der Waals surface area contributed by atoms with Crippen molar-refractivity contribution in [2.24, 2.45) is 0 Å². The standard InChI is InChI=1S/C21H18ClNO/c22-19-12-10-17(11-13-19)15-21(24)23-20-9-5-4-8-18(20)14-16-6-2-1-3-7-16/h1-13H,14-15H2,(H,23,24). The minimum Gasteiger partial charge on any atom is -0.326 e. The van der Waals surface area contributed by atoms with Crippen LogP contribution in [0.1, 0.15) is 16.7 Å². The van der Waals surface area contributed by atoms with Gasteiger partial charge in [-0.1, -0.05) is 72.3 Å². The van der Waals surface area contributed by atoms with Gasteiger partial charge in [-0.25, -0.2) is 0 Å². The van der Waals surface area contributed by atoms with E-state index in [-0.39, 0.29) is 5.91 Å². The van der Waals surface area contributed by atoms with E-state index in [1.165, 1.54) is 5.56 Å². The molecule has 24 heavy (non-hydrogen) atoms. The lowest BCUT2D eigenvalue weighted by Gasteiger charge is -2.11. The maximum Gasteiger partial charge on any atom is 0.228 e. The summed E-state index contributed by atoms with van der Waals surface area (Å²) in [6.45, 7) is 0. The van der Waals surface area contributed by atoms with Gasteiger partial charge >= 0.3 is 0 Å². The van der Waals surface area contributed by atoms with Crippen molar-refractivity contribution in [3.05, 3.63) is 101 Å². The molecule has 1 N–H and O–H groups in total. The first kappa shape index (κ1) is 16.3. The van der Waals surface area contributed by atoms with Gasteiger partial charge in [0.15, 0.2) is 0 Å². The number of carbonyl (C=O) groups excluding carboxylic acids is 1. The number of para-hydroxylation sites is 1. The highest BCUT2D eigenvalue weighted by molar-refractivity contribution is 6.30. The molecule has 0 bridgehead atoms. The highest BCUT2D eigenvalue weighted by Crippen LogP contribution is 2.19. The number of carbonyl (C=O) groups is 1. The molecule has 0 radical (unpaired) electrons. The van der Waals surface area contributed by atoms with Crippen LogP contribution >= 0.6 is 11.6 Å². The summed E-state index contributed by atoms with van der Waals surface area (Å²) < 4.78 is 0. The highest BCUT2D eigenvalue weighted by Gasteiger charge is 2.08. The van der Waals surface area contributed by atoms with E-state index in [2.05, 4.69) is 17.4 Å². The first-order valence-corrected chi connectivity index (χ1v) is 8.24. The molecule has 0 atom stereocenters. The van der Waals surface area contributed by atoms with Crippen LogP contribution in [-0.4, -0.2) is 5.91 Å². The van der Waals surface area contributed by atoms with Gasteiger partial charge in [0.25, 0.3) is 0 Å². The van der Waals surface area contributed by atoms with Crippen LogP contribution in [0.15, 0.2) is 78.9 Å². The zero-order valence-electron chi connectivity index (χ0n) is 13.2. The fourth-order valence-corrected chi connectivity index (χ4v) is 2.72. The first-order chi connectivity index (χ1) is 11.7. The third-order valence-corrected chi connectivity index (χ3v) is 4.06. The molecule has 0 saturated heterocycles. The van der Waals surface area contributed by atoms with Gasteiger partial charge in [0, 0.05) is 10.7 Å². The molecule has 3 rings (SSSR count). The van der Waals surface area contributed by atoms with Crippen molar-refractivity contribution in [2.45, 2.75) is 12.8 Å². The lowest BCUT2D eigenvalue weighted by Crippen LogP contribution is -2.15. The number of amides is 1. The summed E-state index contributed by atoms with van der Waals surface area (Å²) in [7, 11) is 0. The molecule has 0 aliphatic rings. The van der Waals surface area contributed by atoms with E-state index >= 15 is 0 Å². The SMILES string of the molecule is O=C(Cc1ccc(Cl)cc1)Nc1ccccc1Cc1ccccc1. The third kappa shape index (κ3) is 4.46. The molecule has 3 heteroatoms. The summed E-state index contributed by atoms with van der Waals surface area (Å²) in [6.07, 6.45) is 1.12.